The highest BCUT2D eigenvalue weighted by atomic mass is 19.1. The van der Waals surface area contributed by atoms with Crippen LogP contribution in [0, 0.1) is 17.7 Å². The molecule has 1 heterocycles. The second kappa shape index (κ2) is 7.25. The van der Waals surface area contributed by atoms with Gasteiger partial charge in [0.05, 0.1) is 13.2 Å². The van der Waals surface area contributed by atoms with Crippen molar-refractivity contribution in [3.8, 4) is 11.5 Å². The average molecular weight is 357 g/mol. The number of fused-ring (bicyclic) bond motifs is 1. The molecule has 4 rings (SSSR count). The molecule has 2 aromatic rings. The Bertz CT molecular complexity index is 782. The van der Waals surface area contributed by atoms with Gasteiger partial charge in [0.25, 0.3) is 0 Å². The van der Waals surface area contributed by atoms with E-state index in [9.17, 15) is 9.50 Å². The van der Waals surface area contributed by atoms with Crippen molar-refractivity contribution in [2.75, 3.05) is 20.2 Å². The lowest BCUT2D eigenvalue weighted by Gasteiger charge is -2.35. The molecule has 0 unspecified atom stereocenters. The van der Waals surface area contributed by atoms with E-state index in [1.54, 1.807) is 25.3 Å². The molecule has 0 amide bonds. The topological polar surface area (TPSA) is 41.9 Å². The van der Waals surface area contributed by atoms with Gasteiger partial charge in [-0.15, -0.1) is 0 Å². The zero-order chi connectivity index (χ0) is 18.1. The quantitative estimate of drug-likeness (QED) is 0.862. The molecule has 0 spiro atoms. The van der Waals surface area contributed by atoms with E-state index in [1.165, 1.54) is 6.07 Å². The Morgan fingerprint density at radius 2 is 2.00 bits per heavy atom. The molecule has 2 aliphatic rings. The lowest BCUT2D eigenvalue weighted by atomic mass is 9.74. The van der Waals surface area contributed by atoms with Crippen molar-refractivity contribution in [2.24, 2.45) is 11.8 Å². The molecule has 0 aromatic heterocycles. The van der Waals surface area contributed by atoms with E-state index < -0.39 is 0 Å². The minimum absolute atomic E-state index is 0.117. The summed E-state index contributed by atoms with van der Waals surface area (Å²) in [6, 6.07) is 12.5. The molecule has 1 N–H and O–H groups in total. The second-order valence-corrected chi connectivity index (χ2v) is 7.29. The number of nitrogens with zero attached hydrogens (tertiary/aromatic N) is 1. The zero-order valence-corrected chi connectivity index (χ0v) is 14.9. The van der Waals surface area contributed by atoms with E-state index in [0.29, 0.717) is 28.9 Å². The highest BCUT2D eigenvalue weighted by Gasteiger charge is 2.45. The van der Waals surface area contributed by atoms with Gasteiger partial charge in [-0.05, 0) is 36.1 Å². The SMILES string of the molecule is COc1cc(CN2C[C@H]3C[C@@H](O)[C@H]3C2)ccc1OCc1ccccc1F. The van der Waals surface area contributed by atoms with Gasteiger partial charge in [-0.3, -0.25) is 4.90 Å². The first kappa shape index (κ1) is 17.3. The van der Waals surface area contributed by atoms with Crippen LogP contribution >= 0.6 is 0 Å². The predicted molar refractivity (Wildman–Crippen MR) is 96.6 cm³/mol. The Labute approximate surface area is 153 Å². The number of hydrogen-bond donors (Lipinski definition) is 1. The highest BCUT2D eigenvalue weighted by Crippen LogP contribution is 2.41. The van der Waals surface area contributed by atoms with Crippen LogP contribution in [0.5, 0.6) is 11.5 Å². The van der Waals surface area contributed by atoms with E-state index in [-0.39, 0.29) is 18.5 Å². The maximum atomic E-state index is 13.7. The number of aliphatic hydroxyl groups excluding tert-OH is 1. The number of halogens is 1. The molecule has 138 valence electrons. The first-order valence-electron chi connectivity index (χ1n) is 9.07. The fourth-order valence-corrected chi connectivity index (χ4v) is 4.05. The van der Waals surface area contributed by atoms with E-state index >= 15 is 0 Å². The Hall–Kier alpha value is -2.11. The summed E-state index contributed by atoms with van der Waals surface area (Å²) in [6.07, 6.45) is 0.821. The van der Waals surface area contributed by atoms with Gasteiger partial charge in [0, 0.05) is 31.1 Å². The summed E-state index contributed by atoms with van der Waals surface area (Å²) >= 11 is 0. The molecule has 0 bridgehead atoms. The largest absolute Gasteiger partial charge is 0.493 e. The van der Waals surface area contributed by atoms with Crippen LogP contribution in [0.1, 0.15) is 17.5 Å². The Morgan fingerprint density at radius 3 is 2.73 bits per heavy atom. The molecular weight excluding hydrogens is 333 g/mol. The van der Waals surface area contributed by atoms with Gasteiger partial charge < -0.3 is 14.6 Å². The lowest BCUT2D eigenvalue weighted by molar-refractivity contribution is -0.00435. The number of rotatable bonds is 6. The van der Waals surface area contributed by atoms with Gasteiger partial charge >= 0.3 is 0 Å². The average Bonchev–Trinajstić information content (AvgIpc) is 2.97. The summed E-state index contributed by atoms with van der Waals surface area (Å²) in [4.78, 5) is 2.39. The molecule has 5 heteroatoms. The predicted octanol–water partition coefficient (Wildman–Crippen LogP) is 3.23. The molecule has 2 fully saturated rings. The maximum absolute atomic E-state index is 13.7. The molecule has 0 radical (unpaired) electrons. The van der Waals surface area contributed by atoms with Crippen molar-refractivity contribution >= 4 is 0 Å². The lowest BCUT2D eigenvalue weighted by Crippen LogP contribution is -2.39. The first-order valence-corrected chi connectivity index (χ1v) is 9.07. The molecule has 2 aromatic carbocycles. The summed E-state index contributed by atoms with van der Waals surface area (Å²) < 4.78 is 25.0. The summed E-state index contributed by atoms with van der Waals surface area (Å²) in [5.41, 5.74) is 1.67. The molecule has 1 saturated carbocycles. The third-order valence-corrected chi connectivity index (χ3v) is 5.58. The number of benzene rings is 2. The second-order valence-electron chi connectivity index (χ2n) is 7.29. The fourth-order valence-electron chi connectivity index (χ4n) is 4.05. The monoisotopic (exact) mass is 357 g/mol. The Balaban J connectivity index is 1.40. The molecule has 1 aliphatic carbocycles. The van der Waals surface area contributed by atoms with Gasteiger partial charge in [-0.25, -0.2) is 4.39 Å². The number of aliphatic hydroxyl groups is 1. The van der Waals surface area contributed by atoms with E-state index in [0.717, 1.165) is 31.6 Å². The standard InChI is InChI=1S/C21H24FNO3/c1-25-21-8-14(10-23-11-16-9-19(24)17(16)12-23)6-7-20(21)26-13-15-4-2-3-5-18(15)22/h2-8,16-17,19,24H,9-13H2,1H3/t16-,17+,19-/m1/s1. The van der Waals surface area contributed by atoms with Crippen molar-refractivity contribution in [3.63, 3.8) is 0 Å². The first-order chi connectivity index (χ1) is 12.6. The number of likely N-dealkylation sites (tertiary alicyclic amines) is 1. The third kappa shape index (κ3) is 3.41. The summed E-state index contributed by atoms with van der Waals surface area (Å²) in [5, 5.41) is 9.80. The van der Waals surface area contributed by atoms with Gasteiger partial charge in [0.15, 0.2) is 11.5 Å². The van der Waals surface area contributed by atoms with Crippen LogP contribution in [0.4, 0.5) is 4.39 Å². The summed E-state index contributed by atoms with van der Waals surface area (Å²) in [7, 11) is 1.61. The van der Waals surface area contributed by atoms with E-state index in [1.807, 2.05) is 18.2 Å². The smallest absolute Gasteiger partial charge is 0.161 e. The van der Waals surface area contributed by atoms with E-state index in [4.69, 9.17) is 9.47 Å². The van der Waals surface area contributed by atoms with Gasteiger partial charge in [-0.2, -0.15) is 0 Å². The van der Waals surface area contributed by atoms with E-state index in [2.05, 4.69) is 4.90 Å². The molecule has 3 atom stereocenters. The van der Waals surface area contributed by atoms with Crippen molar-refractivity contribution in [1.82, 2.24) is 4.90 Å². The molecular formula is C21H24FNO3. The van der Waals surface area contributed by atoms with Crippen LogP contribution in [0.15, 0.2) is 42.5 Å². The number of hydrogen-bond acceptors (Lipinski definition) is 4. The van der Waals surface area contributed by atoms with Crippen molar-refractivity contribution < 1.29 is 19.0 Å². The minimum Gasteiger partial charge on any atom is -0.493 e. The molecule has 26 heavy (non-hydrogen) atoms. The molecule has 4 nitrogen and oxygen atoms in total. The summed E-state index contributed by atoms with van der Waals surface area (Å²) in [6.45, 7) is 3.01. The van der Waals surface area contributed by atoms with Gasteiger partial charge in [-0.1, -0.05) is 24.3 Å². The fraction of sp³-hybridized carbons (Fsp3) is 0.429. The number of ether oxygens (including phenoxy) is 2. The van der Waals surface area contributed by atoms with Gasteiger partial charge in [0.2, 0.25) is 0 Å². The van der Waals surface area contributed by atoms with Gasteiger partial charge in [0.1, 0.15) is 12.4 Å². The zero-order valence-electron chi connectivity index (χ0n) is 14.9. The van der Waals surface area contributed by atoms with Crippen molar-refractivity contribution in [3.05, 3.63) is 59.4 Å². The normalized spacial score (nSPS) is 24.8. The molecule has 1 aliphatic heterocycles. The highest BCUT2D eigenvalue weighted by molar-refractivity contribution is 5.43. The van der Waals surface area contributed by atoms with Crippen LogP contribution in [-0.2, 0) is 13.2 Å². The van der Waals surface area contributed by atoms with Crippen LogP contribution in [0.3, 0.4) is 0 Å². The van der Waals surface area contributed by atoms with Crippen LogP contribution in [-0.4, -0.2) is 36.3 Å². The Kier molecular flexibility index (Phi) is 4.83. The van der Waals surface area contributed by atoms with Crippen LogP contribution < -0.4 is 9.47 Å². The third-order valence-electron chi connectivity index (χ3n) is 5.58. The minimum atomic E-state index is -0.270. The Morgan fingerprint density at radius 1 is 1.15 bits per heavy atom. The van der Waals surface area contributed by atoms with Crippen molar-refractivity contribution in [2.45, 2.75) is 25.7 Å². The van der Waals surface area contributed by atoms with Crippen molar-refractivity contribution in [1.29, 1.82) is 0 Å². The van der Waals surface area contributed by atoms with Crippen LogP contribution in [0.2, 0.25) is 0 Å². The summed E-state index contributed by atoms with van der Waals surface area (Å²) in [5.74, 6) is 2.09. The van der Waals surface area contributed by atoms with Crippen LogP contribution in [0.25, 0.3) is 0 Å². The maximum Gasteiger partial charge on any atom is 0.161 e. The number of methoxy groups -OCH3 is 1. The molecule has 1 saturated heterocycles.